The van der Waals surface area contributed by atoms with E-state index in [0.717, 1.165) is 25.9 Å². The van der Waals surface area contributed by atoms with Crippen LogP contribution in [0.4, 0.5) is 4.39 Å². The molecule has 0 radical (unpaired) electrons. The van der Waals surface area contributed by atoms with Crippen LogP contribution >= 0.6 is 11.6 Å². The van der Waals surface area contributed by atoms with E-state index in [1.807, 2.05) is 0 Å². The third-order valence-electron chi connectivity index (χ3n) is 3.67. The Morgan fingerprint density at radius 1 is 1.39 bits per heavy atom. The van der Waals surface area contributed by atoms with Crippen molar-refractivity contribution in [3.63, 3.8) is 0 Å². The first kappa shape index (κ1) is 13.8. The van der Waals surface area contributed by atoms with Gasteiger partial charge in [-0.3, -0.25) is 0 Å². The number of halogens is 2. The third kappa shape index (κ3) is 3.44. The predicted molar refractivity (Wildman–Crippen MR) is 71.4 cm³/mol. The van der Waals surface area contributed by atoms with Crippen molar-refractivity contribution in [3.8, 4) is 0 Å². The quantitative estimate of drug-likeness (QED) is 0.894. The normalized spacial score (nSPS) is 26.0. The van der Waals surface area contributed by atoms with Crippen LogP contribution in [0.5, 0.6) is 0 Å². The van der Waals surface area contributed by atoms with Crippen LogP contribution in [0.25, 0.3) is 0 Å². The molecule has 2 nitrogen and oxygen atoms in total. The van der Waals surface area contributed by atoms with Crippen LogP contribution in [0.1, 0.15) is 24.8 Å². The zero-order valence-electron chi connectivity index (χ0n) is 10.6. The highest BCUT2D eigenvalue weighted by Gasteiger charge is 2.30. The Labute approximate surface area is 112 Å². The summed E-state index contributed by atoms with van der Waals surface area (Å²) < 4.78 is 13.2. The van der Waals surface area contributed by atoms with E-state index >= 15 is 0 Å². The first-order chi connectivity index (χ1) is 8.48. The van der Waals surface area contributed by atoms with E-state index in [1.165, 1.54) is 12.1 Å². The molecule has 0 spiro atoms. The van der Waals surface area contributed by atoms with Crippen LogP contribution in [0.2, 0.25) is 5.02 Å². The van der Waals surface area contributed by atoms with Gasteiger partial charge in [-0.05, 0) is 56.6 Å². The zero-order valence-corrected chi connectivity index (χ0v) is 11.4. The average molecular weight is 272 g/mol. The van der Waals surface area contributed by atoms with Crippen LogP contribution in [0, 0.1) is 5.82 Å². The molecule has 1 heterocycles. The lowest BCUT2D eigenvalue weighted by molar-refractivity contribution is 0.0263. The Kier molecular flexibility index (Phi) is 4.25. The van der Waals surface area contributed by atoms with E-state index in [0.29, 0.717) is 23.4 Å². The van der Waals surface area contributed by atoms with E-state index in [4.69, 9.17) is 11.6 Å². The molecular formula is C14H19ClFNO. The predicted octanol–water partition coefficient (Wildman–Crippen LogP) is 2.87. The third-order valence-corrected chi connectivity index (χ3v) is 4.04. The molecule has 0 bridgehead atoms. The van der Waals surface area contributed by atoms with Gasteiger partial charge in [0.25, 0.3) is 0 Å². The summed E-state index contributed by atoms with van der Waals surface area (Å²) in [5, 5.41) is 11.2. The Balaban J connectivity index is 2.13. The number of aliphatic hydroxyl groups is 1. The van der Waals surface area contributed by atoms with Crippen LogP contribution in [-0.2, 0) is 6.42 Å². The number of rotatable bonds is 2. The van der Waals surface area contributed by atoms with Crippen molar-refractivity contribution in [2.45, 2.75) is 31.3 Å². The van der Waals surface area contributed by atoms with Crippen LogP contribution in [-0.4, -0.2) is 35.7 Å². The number of benzene rings is 1. The smallest absolute Gasteiger partial charge is 0.123 e. The summed E-state index contributed by atoms with van der Waals surface area (Å²) in [5.41, 5.74) is -0.0638. The van der Waals surface area contributed by atoms with Gasteiger partial charge in [0.15, 0.2) is 0 Å². The van der Waals surface area contributed by atoms with Crippen LogP contribution in [0.15, 0.2) is 18.2 Å². The number of likely N-dealkylation sites (tertiary alicyclic amines) is 1. The van der Waals surface area contributed by atoms with Crippen molar-refractivity contribution in [2.75, 3.05) is 20.1 Å². The highest BCUT2D eigenvalue weighted by Crippen LogP contribution is 2.29. The van der Waals surface area contributed by atoms with Crippen molar-refractivity contribution < 1.29 is 9.50 Å². The molecule has 1 aromatic carbocycles. The summed E-state index contributed by atoms with van der Waals surface area (Å²) in [7, 11) is 2.06. The maximum atomic E-state index is 13.2. The molecule has 1 aromatic rings. The number of nitrogens with zero attached hydrogens (tertiary/aromatic N) is 1. The highest BCUT2D eigenvalue weighted by atomic mass is 35.5. The molecule has 18 heavy (non-hydrogen) atoms. The molecule has 1 unspecified atom stereocenters. The minimum Gasteiger partial charge on any atom is -0.389 e. The fraction of sp³-hybridized carbons (Fsp3) is 0.571. The lowest BCUT2D eigenvalue weighted by Crippen LogP contribution is -2.33. The first-order valence-electron chi connectivity index (χ1n) is 6.33. The Morgan fingerprint density at radius 3 is 2.94 bits per heavy atom. The van der Waals surface area contributed by atoms with Gasteiger partial charge in [0.05, 0.1) is 5.60 Å². The summed E-state index contributed by atoms with van der Waals surface area (Å²) in [6.07, 6.45) is 2.83. The molecule has 4 heteroatoms. The highest BCUT2D eigenvalue weighted by molar-refractivity contribution is 6.31. The summed E-state index contributed by atoms with van der Waals surface area (Å²) in [6.45, 7) is 1.86. The SMILES string of the molecule is CN1CCCC(O)(Cc2cc(F)ccc2Cl)CC1. The average Bonchev–Trinajstić information content (AvgIpc) is 2.47. The van der Waals surface area contributed by atoms with Crippen molar-refractivity contribution in [3.05, 3.63) is 34.6 Å². The van der Waals surface area contributed by atoms with Gasteiger partial charge in [0, 0.05) is 18.0 Å². The maximum Gasteiger partial charge on any atom is 0.123 e. The van der Waals surface area contributed by atoms with Gasteiger partial charge in [-0.2, -0.15) is 0 Å². The molecule has 100 valence electrons. The van der Waals surface area contributed by atoms with Gasteiger partial charge in [-0.25, -0.2) is 4.39 Å². The van der Waals surface area contributed by atoms with Gasteiger partial charge >= 0.3 is 0 Å². The molecule has 1 N–H and O–H groups in total. The molecule has 1 aliphatic rings. The van der Waals surface area contributed by atoms with Gasteiger partial charge in [-0.15, -0.1) is 0 Å². The standard InChI is InChI=1S/C14H19ClFNO/c1-17-7-2-5-14(18,6-8-17)10-11-9-12(16)3-4-13(11)15/h3-4,9,18H,2,5-8,10H2,1H3. The molecule has 1 saturated heterocycles. The summed E-state index contributed by atoms with van der Waals surface area (Å²) >= 11 is 6.06. The van der Waals surface area contributed by atoms with Gasteiger partial charge in [0.1, 0.15) is 5.82 Å². The topological polar surface area (TPSA) is 23.5 Å². The monoisotopic (exact) mass is 271 g/mol. The van der Waals surface area contributed by atoms with Gasteiger partial charge in [-0.1, -0.05) is 11.6 Å². The Morgan fingerprint density at radius 2 is 2.17 bits per heavy atom. The Hall–Kier alpha value is -0.640. The molecule has 1 atom stereocenters. The van der Waals surface area contributed by atoms with Crippen LogP contribution < -0.4 is 0 Å². The van der Waals surface area contributed by atoms with Crippen molar-refractivity contribution in [1.29, 1.82) is 0 Å². The lowest BCUT2D eigenvalue weighted by Gasteiger charge is -2.27. The first-order valence-corrected chi connectivity index (χ1v) is 6.71. The molecular weight excluding hydrogens is 253 g/mol. The van der Waals surface area contributed by atoms with E-state index in [9.17, 15) is 9.50 Å². The van der Waals surface area contributed by atoms with Gasteiger partial charge in [0.2, 0.25) is 0 Å². The lowest BCUT2D eigenvalue weighted by atomic mass is 9.88. The molecule has 2 rings (SSSR count). The maximum absolute atomic E-state index is 13.2. The molecule has 1 aliphatic heterocycles. The number of hydrogen-bond acceptors (Lipinski definition) is 2. The summed E-state index contributed by atoms with van der Waals surface area (Å²) in [6, 6.07) is 4.32. The van der Waals surface area contributed by atoms with E-state index in [2.05, 4.69) is 11.9 Å². The molecule has 0 saturated carbocycles. The van der Waals surface area contributed by atoms with Crippen molar-refractivity contribution in [2.24, 2.45) is 0 Å². The Bertz CT molecular complexity index is 426. The summed E-state index contributed by atoms with van der Waals surface area (Å²) in [4.78, 5) is 2.21. The van der Waals surface area contributed by atoms with Gasteiger partial charge < -0.3 is 10.0 Å². The second-order valence-corrected chi connectivity index (χ2v) is 5.70. The fourth-order valence-electron chi connectivity index (χ4n) is 2.52. The van der Waals surface area contributed by atoms with E-state index in [-0.39, 0.29) is 5.82 Å². The van der Waals surface area contributed by atoms with Crippen molar-refractivity contribution >= 4 is 11.6 Å². The molecule has 0 aromatic heterocycles. The fourth-order valence-corrected chi connectivity index (χ4v) is 2.71. The summed E-state index contributed by atoms with van der Waals surface area (Å²) in [5.74, 6) is -0.302. The van der Waals surface area contributed by atoms with Crippen LogP contribution in [0.3, 0.4) is 0 Å². The number of hydrogen-bond donors (Lipinski definition) is 1. The molecule has 0 amide bonds. The molecule has 0 aliphatic carbocycles. The minimum atomic E-state index is -0.762. The second kappa shape index (κ2) is 5.55. The van der Waals surface area contributed by atoms with Crippen molar-refractivity contribution in [1.82, 2.24) is 4.90 Å². The van der Waals surface area contributed by atoms with E-state index in [1.54, 1.807) is 6.07 Å². The molecule has 1 fully saturated rings. The zero-order chi connectivity index (χ0) is 13.2. The van der Waals surface area contributed by atoms with E-state index < -0.39 is 5.60 Å². The minimum absolute atomic E-state index is 0.302. The largest absolute Gasteiger partial charge is 0.389 e. The second-order valence-electron chi connectivity index (χ2n) is 5.29.